The monoisotopic (exact) mass is 553 g/mol. The van der Waals surface area contributed by atoms with Crippen LogP contribution in [0.1, 0.15) is 68.8 Å². The Morgan fingerprint density at radius 1 is 1.08 bits per heavy atom. The van der Waals surface area contributed by atoms with Crippen molar-refractivity contribution in [2.45, 2.75) is 85.0 Å². The first-order valence-corrected chi connectivity index (χ1v) is 15.0. The Labute approximate surface area is 237 Å². The van der Waals surface area contributed by atoms with Gasteiger partial charge in [-0.1, -0.05) is 54.4 Å². The van der Waals surface area contributed by atoms with E-state index in [1.165, 1.54) is 0 Å². The SMILES string of the molecule is CSCCC(NC(=O)OC(C)(C)C)C(=O)N(C(C(=O)Nc1ccccc1C)c1cc(C)cc(C)c1)C1CC1C. The van der Waals surface area contributed by atoms with Crippen molar-refractivity contribution in [3.63, 3.8) is 0 Å². The number of ether oxygens (including phenoxy) is 1. The van der Waals surface area contributed by atoms with E-state index in [1.54, 1.807) is 37.4 Å². The second-order valence-electron chi connectivity index (χ2n) is 11.6. The van der Waals surface area contributed by atoms with Gasteiger partial charge in [0, 0.05) is 11.7 Å². The highest BCUT2D eigenvalue weighted by molar-refractivity contribution is 7.98. The predicted octanol–water partition coefficient (Wildman–Crippen LogP) is 6.18. The van der Waals surface area contributed by atoms with Crippen LogP contribution >= 0.6 is 11.8 Å². The fraction of sp³-hybridized carbons (Fsp3) is 0.516. The number of thioether (sulfide) groups is 1. The van der Waals surface area contributed by atoms with Gasteiger partial charge in [-0.05, 0) is 89.5 Å². The molecule has 0 radical (unpaired) electrons. The number of hydrogen-bond acceptors (Lipinski definition) is 5. The Bertz CT molecular complexity index is 1170. The topological polar surface area (TPSA) is 87.7 Å². The van der Waals surface area contributed by atoms with E-state index in [4.69, 9.17) is 4.74 Å². The molecule has 3 rings (SSSR count). The number of alkyl carbamates (subject to hydrolysis) is 1. The van der Waals surface area contributed by atoms with Crippen LogP contribution in [0.25, 0.3) is 0 Å². The zero-order valence-corrected chi connectivity index (χ0v) is 25.3. The maximum Gasteiger partial charge on any atom is 0.408 e. The van der Waals surface area contributed by atoms with Crippen LogP contribution in [0.4, 0.5) is 10.5 Å². The van der Waals surface area contributed by atoms with Crippen LogP contribution in [0.15, 0.2) is 42.5 Å². The Balaban J connectivity index is 2.05. The largest absolute Gasteiger partial charge is 0.444 e. The minimum atomic E-state index is -0.858. The van der Waals surface area contributed by atoms with Gasteiger partial charge in [0.15, 0.2) is 0 Å². The van der Waals surface area contributed by atoms with Crippen LogP contribution in [0.3, 0.4) is 0 Å². The van der Waals surface area contributed by atoms with Crippen LogP contribution in [0.5, 0.6) is 0 Å². The molecule has 2 aromatic rings. The molecule has 39 heavy (non-hydrogen) atoms. The number of anilines is 1. The molecule has 212 valence electrons. The molecule has 0 aliphatic heterocycles. The van der Waals surface area contributed by atoms with Crippen molar-refractivity contribution in [3.8, 4) is 0 Å². The maximum absolute atomic E-state index is 14.4. The van der Waals surface area contributed by atoms with Crippen LogP contribution in [0.2, 0.25) is 0 Å². The molecule has 3 amide bonds. The Morgan fingerprint density at radius 3 is 2.23 bits per heavy atom. The van der Waals surface area contributed by atoms with E-state index >= 15 is 0 Å². The molecule has 1 fully saturated rings. The van der Waals surface area contributed by atoms with Crippen molar-refractivity contribution in [1.29, 1.82) is 0 Å². The van der Waals surface area contributed by atoms with Crippen molar-refractivity contribution in [1.82, 2.24) is 10.2 Å². The van der Waals surface area contributed by atoms with Gasteiger partial charge in [0.1, 0.15) is 17.7 Å². The number of carbonyl (C=O) groups excluding carboxylic acids is 3. The van der Waals surface area contributed by atoms with Gasteiger partial charge in [-0.2, -0.15) is 11.8 Å². The summed E-state index contributed by atoms with van der Waals surface area (Å²) in [5.41, 5.74) is 3.73. The molecule has 1 aliphatic rings. The second kappa shape index (κ2) is 12.9. The Kier molecular flexibility index (Phi) is 10.1. The molecule has 0 bridgehead atoms. The number of carbonyl (C=O) groups is 3. The maximum atomic E-state index is 14.4. The highest BCUT2D eigenvalue weighted by Gasteiger charge is 2.48. The molecule has 8 heteroatoms. The molecule has 1 aliphatic carbocycles. The number of para-hydroxylation sites is 1. The predicted molar refractivity (Wildman–Crippen MR) is 159 cm³/mol. The smallest absolute Gasteiger partial charge is 0.408 e. The van der Waals surface area contributed by atoms with E-state index in [0.717, 1.165) is 28.7 Å². The molecule has 0 heterocycles. The Hall–Kier alpha value is -3.00. The van der Waals surface area contributed by atoms with Crippen LogP contribution in [-0.4, -0.2) is 52.5 Å². The van der Waals surface area contributed by atoms with Gasteiger partial charge in [0.2, 0.25) is 5.91 Å². The first-order valence-electron chi connectivity index (χ1n) is 13.6. The molecule has 0 spiro atoms. The molecule has 0 saturated heterocycles. The van der Waals surface area contributed by atoms with Crippen molar-refractivity contribution in [3.05, 3.63) is 64.7 Å². The van der Waals surface area contributed by atoms with Crippen LogP contribution in [0, 0.1) is 26.7 Å². The van der Waals surface area contributed by atoms with Crippen LogP contribution in [-0.2, 0) is 14.3 Å². The lowest BCUT2D eigenvalue weighted by atomic mass is 9.97. The molecule has 1 saturated carbocycles. The van der Waals surface area contributed by atoms with Gasteiger partial charge in [-0.3, -0.25) is 9.59 Å². The summed E-state index contributed by atoms with van der Waals surface area (Å²) in [7, 11) is 0. The molecule has 4 unspecified atom stereocenters. The Morgan fingerprint density at radius 2 is 1.69 bits per heavy atom. The summed E-state index contributed by atoms with van der Waals surface area (Å²) >= 11 is 1.60. The highest BCUT2D eigenvalue weighted by atomic mass is 32.2. The molecular weight excluding hydrogens is 510 g/mol. The fourth-order valence-corrected chi connectivity index (χ4v) is 5.29. The number of hydrogen-bond donors (Lipinski definition) is 2. The fourth-order valence-electron chi connectivity index (χ4n) is 4.82. The lowest BCUT2D eigenvalue weighted by molar-refractivity contribution is -0.141. The van der Waals surface area contributed by atoms with E-state index < -0.39 is 23.8 Å². The minimum absolute atomic E-state index is 0.108. The highest BCUT2D eigenvalue weighted by Crippen LogP contribution is 2.41. The van der Waals surface area contributed by atoms with Gasteiger partial charge in [-0.15, -0.1) is 0 Å². The number of rotatable bonds is 10. The number of benzene rings is 2. The van der Waals surface area contributed by atoms with E-state index in [9.17, 15) is 14.4 Å². The first kappa shape index (κ1) is 30.5. The number of nitrogens with one attached hydrogen (secondary N) is 2. The second-order valence-corrected chi connectivity index (χ2v) is 12.6. The summed E-state index contributed by atoms with van der Waals surface area (Å²) < 4.78 is 5.48. The standard InChI is InChI=1S/C31H43N3O4S/c1-19-15-20(2)17-23(16-19)27(28(35)32-24-12-10-9-11-21(24)3)34(26-18-22(26)4)29(36)25(13-14-39-8)33-30(37)38-31(5,6)7/h9-12,15-17,22,25-27H,13-14,18H2,1-8H3,(H,32,35)(H,33,37). The van der Waals surface area contributed by atoms with E-state index in [0.29, 0.717) is 17.9 Å². The van der Waals surface area contributed by atoms with Gasteiger partial charge in [-0.25, -0.2) is 4.79 Å². The lowest BCUT2D eigenvalue weighted by Crippen LogP contribution is -2.53. The number of nitrogens with zero attached hydrogens (tertiary/aromatic N) is 1. The first-order chi connectivity index (χ1) is 18.3. The molecule has 7 nitrogen and oxygen atoms in total. The summed E-state index contributed by atoms with van der Waals surface area (Å²) in [6.07, 6.45) is 2.55. The third-order valence-electron chi connectivity index (χ3n) is 6.77. The summed E-state index contributed by atoms with van der Waals surface area (Å²) in [5, 5.41) is 5.90. The van der Waals surface area contributed by atoms with E-state index in [2.05, 4.69) is 23.6 Å². The molecular formula is C31H43N3O4S. The average molecular weight is 554 g/mol. The summed E-state index contributed by atoms with van der Waals surface area (Å²) in [6.45, 7) is 13.4. The summed E-state index contributed by atoms with van der Waals surface area (Å²) in [6, 6.07) is 11.8. The lowest BCUT2D eigenvalue weighted by Gasteiger charge is -2.35. The van der Waals surface area contributed by atoms with Gasteiger partial charge < -0.3 is 20.3 Å². The normalized spacial score (nSPS) is 18.1. The zero-order valence-electron chi connectivity index (χ0n) is 24.5. The van der Waals surface area contributed by atoms with Gasteiger partial charge in [0.25, 0.3) is 5.91 Å². The molecule has 0 aromatic heterocycles. The quantitative estimate of drug-likeness (QED) is 0.367. The third-order valence-corrected chi connectivity index (χ3v) is 7.41. The van der Waals surface area contributed by atoms with Crippen molar-refractivity contribution in [2.24, 2.45) is 5.92 Å². The molecule has 2 N–H and O–H groups in total. The van der Waals surface area contributed by atoms with Crippen LogP contribution < -0.4 is 10.6 Å². The third kappa shape index (κ3) is 8.49. The van der Waals surface area contributed by atoms with E-state index in [-0.39, 0.29) is 23.8 Å². The average Bonchev–Trinajstić information content (AvgIpc) is 3.54. The van der Waals surface area contributed by atoms with E-state index in [1.807, 2.05) is 63.4 Å². The summed E-state index contributed by atoms with van der Waals surface area (Å²) in [5.74, 6) is 0.372. The van der Waals surface area contributed by atoms with Gasteiger partial charge in [0.05, 0.1) is 0 Å². The number of aryl methyl sites for hydroxylation is 3. The summed E-state index contributed by atoms with van der Waals surface area (Å²) in [4.78, 5) is 42.9. The number of amides is 3. The van der Waals surface area contributed by atoms with Crippen molar-refractivity contribution < 1.29 is 19.1 Å². The minimum Gasteiger partial charge on any atom is -0.444 e. The van der Waals surface area contributed by atoms with Crippen molar-refractivity contribution in [2.75, 3.05) is 17.3 Å². The molecule has 2 aromatic carbocycles. The molecule has 4 atom stereocenters. The zero-order chi connectivity index (χ0) is 28.9. The van der Waals surface area contributed by atoms with Gasteiger partial charge >= 0.3 is 6.09 Å². The van der Waals surface area contributed by atoms with Crippen molar-refractivity contribution >= 4 is 35.4 Å².